The first kappa shape index (κ1) is 14.2. The molecule has 0 unspecified atom stereocenters. The molecule has 0 atom stereocenters. The van der Waals surface area contributed by atoms with E-state index >= 15 is 0 Å². The maximum atomic E-state index is 5.65. The molecule has 2 aromatic rings. The van der Waals surface area contributed by atoms with Crippen molar-refractivity contribution in [2.24, 2.45) is 0 Å². The van der Waals surface area contributed by atoms with Crippen LogP contribution in [0, 0.1) is 6.92 Å². The van der Waals surface area contributed by atoms with Gasteiger partial charge in [-0.15, -0.1) is 0 Å². The number of anilines is 1. The molecule has 5 nitrogen and oxygen atoms in total. The topological polar surface area (TPSA) is 73.9 Å². The van der Waals surface area contributed by atoms with E-state index in [2.05, 4.69) is 28.8 Å². The van der Waals surface area contributed by atoms with Crippen LogP contribution >= 0.6 is 0 Å². The Morgan fingerprint density at radius 1 is 1.10 bits per heavy atom. The fourth-order valence-corrected chi connectivity index (χ4v) is 1.75. The minimum Gasteiger partial charge on any atom is -0.493 e. The predicted octanol–water partition coefficient (Wildman–Crippen LogP) is 2.51. The molecule has 1 aromatic carbocycles. The molecule has 1 heterocycles. The Labute approximate surface area is 119 Å². The van der Waals surface area contributed by atoms with Gasteiger partial charge in [-0.1, -0.05) is 13.8 Å². The summed E-state index contributed by atoms with van der Waals surface area (Å²) >= 11 is 0. The van der Waals surface area contributed by atoms with E-state index in [-0.39, 0.29) is 0 Å². The summed E-state index contributed by atoms with van der Waals surface area (Å²) in [6.07, 6.45) is 0.660. The third-order valence-corrected chi connectivity index (χ3v) is 2.80. The molecule has 106 valence electrons. The third kappa shape index (κ3) is 3.91. The van der Waals surface area contributed by atoms with Crippen LogP contribution in [0.25, 0.3) is 0 Å². The lowest BCUT2D eigenvalue weighted by molar-refractivity contribution is 0.318. The SMILES string of the molecule is Cc1nc(CCOc2ccc(N)cc2)nc(C(C)C)n1. The number of nitrogens with zero attached hydrogens (tertiary/aromatic N) is 3. The Kier molecular flexibility index (Phi) is 4.50. The number of rotatable bonds is 5. The largest absolute Gasteiger partial charge is 0.493 e. The fraction of sp³-hybridized carbons (Fsp3) is 0.400. The molecule has 0 spiro atoms. The lowest BCUT2D eigenvalue weighted by Gasteiger charge is -2.08. The zero-order valence-corrected chi connectivity index (χ0v) is 12.1. The molecule has 20 heavy (non-hydrogen) atoms. The van der Waals surface area contributed by atoms with Crippen molar-refractivity contribution in [1.29, 1.82) is 0 Å². The van der Waals surface area contributed by atoms with Crippen molar-refractivity contribution in [3.8, 4) is 5.75 Å². The van der Waals surface area contributed by atoms with Crippen molar-refractivity contribution in [2.75, 3.05) is 12.3 Å². The van der Waals surface area contributed by atoms with Crippen molar-refractivity contribution in [1.82, 2.24) is 15.0 Å². The first-order valence-corrected chi connectivity index (χ1v) is 6.74. The van der Waals surface area contributed by atoms with Gasteiger partial charge < -0.3 is 10.5 Å². The van der Waals surface area contributed by atoms with Crippen molar-refractivity contribution >= 4 is 5.69 Å². The number of ether oxygens (including phenoxy) is 1. The Hall–Kier alpha value is -2.17. The first-order valence-electron chi connectivity index (χ1n) is 6.74. The standard InChI is InChI=1S/C15H20N4O/c1-10(2)15-18-11(3)17-14(19-15)8-9-20-13-6-4-12(16)5-7-13/h4-7,10H,8-9,16H2,1-3H3. The minimum absolute atomic E-state index is 0.300. The second-order valence-corrected chi connectivity index (χ2v) is 4.98. The van der Waals surface area contributed by atoms with Gasteiger partial charge in [-0.05, 0) is 31.2 Å². The van der Waals surface area contributed by atoms with Gasteiger partial charge in [0.15, 0.2) is 0 Å². The lowest BCUT2D eigenvalue weighted by atomic mass is 10.2. The van der Waals surface area contributed by atoms with Crippen LogP contribution in [-0.2, 0) is 6.42 Å². The van der Waals surface area contributed by atoms with E-state index in [4.69, 9.17) is 10.5 Å². The van der Waals surface area contributed by atoms with Crippen LogP contribution in [0.4, 0.5) is 5.69 Å². The van der Waals surface area contributed by atoms with Gasteiger partial charge in [-0.2, -0.15) is 0 Å². The predicted molar refractivity (Wildman–Crippen MR) is 78.7 cm³/mol. The zero-order chi connectivity index (χ0) is 14.5. The van der Waals surface area contributed by atoms with Crippen LogP contribution in [0.2, 0.25) is 0 Å². The van der Waals surface area contributed by atoms with E-state index in [1.165, 1.54) is 0 Å². The number of aryl methyl sites for hydroxylation is 1. The molecule has 0 amide bonds. The highest BCUT2D eigenvalue weighted by Crippen LogP contribution is 2.13. The Balaban J connectivity index is 1.95. The molecule has 0 bridgehead atoms. The second-order valence-electron chi connectivity index (χ2n) is 4.98. The van der Waals surface area contributed by atoms with E-state index in [1.807, 2.05) is 31.2 Å². The summed E-state index contributed by atoms with van der Waals surface area (Å²) in [6, 6.07) is 7.35. The quantitative estimate of drug-likeness (QED) is 0.846. The van der Waals surface area contributed by atoms with E-state index in [9.17, 15) is 0 Å². The maximum absolute atomic E-state index is 5.65. The average Bonchev–Trinajstić information content (AvgIpc) is 2.40. The first-order chi connectivity index (χ1) is 9.54. The summed E-state index contributed by atoms with van der Waals surface area (Å²) in [6.45, 7) is 6.57. The normalized spacial score (nSPS) is 10.8. The van der Waals surface area contributed by atoms with Crippen LogP contribution in [0.1, 0.15) is 37.2 Å². The molecule has 0 aliphatic carbocycles. The van der Waals surface area contributed by atoms with Gasteiger partial charge in [0.05, 0.1) is 6.61 Å². The number of nitrogen functional groups attached to an aromatic ring is 1. The summed E-state index contributed by atoms with van der Waals surface area (Å²) in [4.78, 5) is 13.1. The number of hydrogen-bond acceptors (Lipinski definition) is 5. The average molecular weight is 272 g/mol. The minimum atomic E-state index is 0.300. The van der Waals surface area contributed by atoms with Crippen LogP contribution in [0.5, 0.6) is 5.75 Å². The highest BCUT2D eigenvalue weighted by Gasteiger charge is 2.07. The van der Waals surface area contributed by atoms with Crippen LogP contribution in [0.3, 0.4) is 0 Å². The van der Waals surface area contributed by atoms with Gasteiger partial charge in [0.2, 0.25) is 0 Å². The lowest BCUT2D eigenvalue weighted by Crippen LogP contribution is -2.10. The molecule has 0 saturated carbocycles. The smallest absolute Gasteiger partial charge is 0.136 e. The molecule has 0 fully saturated rings. The van der Waals surface area contributed by atoms with E-state index in [0.29, 0.717) is 18.9 Å². The Bertz CT molecular complexity index is 567. The van der Waals surface area contributed by atoms with Crippen LogP contribution in [-0.4, -0.2) is 21.6 Å². The highest BCUT2D eigenvalue weighted by atomic mass is 16.5. The van der Waals surface area contributed by atoms with Crippen molar-refractivity contribution in [3.63, 3.8) is 0 Å². The molecule has 2 rings (SSSR count). The van der Waals surface area contributed by atoms with E-state index in [0.717, 1.165) is 28.9 Å². The molecule has 0 aliphatic rings. The molecule has 0 saturated heterocycles. The van der Waals surface area contributed by atoms with Crippen molar-refractivity contribution < 1.29 is 4.74 Å². The van der Waals surface area contributed by atoms with E-state index < -0.39 is 0 Å². The molecular weight excluding hydrogens is 252 g/mol. The molecule has 0 aliphatic heterocycles. The maximum Gasteiger partial charge on any atom is 0.136 e. The zero-order valence-electron chi connectivity index (χ0n) is 12.1. The van der Waals surface area contributed by atoms with Crippen molar-refractivity contribution in [2.45, 2.75) is 33.1 Å². The van der Waals surface area contributed by atoms with Gasteiger partial charge in [-0.3, -0.25) is 0 Å². The Morgan fingerprint density at radius 2 is 1.80 bits per heavy atom. The summed E-state index contributed by atoms with van der Waals surface area (Å²) in [5.41, 5.74) is 6.35. The fourth-order valence-electron chi connectivity index (χ4n) is 1.75. The number of aromatic nitrogens is 3. The van der Waals surface area contributed by atoms with Gasteiger partial charge >= 0.3 is 0 Å². The summed E-state index contributed by atoms with van der Waals surface area (Å²) < 4.78 is 5.65. The molecule has 0 radical (unpaired) electrons. The van der Waals surface area contributed by atoms with E-state index in [1.54, 1.807) is 0 Å². The van der Waals surface area contributed by atoms with Gasteiger partial charge in [0, 0.05) is 18.0 Å². The second kappa shape index (κ2) is 6.32. The van der Waals surface area contributed by atoms with Gasteiger partial charge in [0.1, 0.15) is 23.2 Å². The van der Waals surface area contributed by atoms with Crippen LogP contribution < -0.4 is 10.5 Å². The summed E-state index contributed by atoms with van der Waals surface area (Å²) in [7, 11) is 0. The number of benzene rings is 1. The van der Waals surface area contributed by atoms with Gasteiger partial charge in [0.25, 0.3) is 0 Å². The summed E-state index contributed by atoms with van der Waals surface area (Å²) in [5.74, 6) is 3.46. The molecule has 5 heteroatoms. The van der Waals surface area contributed by atoms with Crippen LogP contribution in [0.15, 0.2) is 24.3 Å². The highest BCUT2D eigenvalue weighted by molar-refractivity contribution is 5.41. The molecular formula is C15H20N4O. The number of nitrogens with two attached hydrogens (primary N) is 1. The number of hydrogen-bond donors (Lipinski definition) is 1. The third-order valence-electron chi connectivity index (χ3n) is 2.80. The molecule has 2 N–H and O–H groups in total. The monoisotopic (exact) mass is 272 g/mol. The van der Waals surface area contributed by atoms with Crippen molar-refractivity contribution in [3.05, 3.63) is 41.7 Å². The van der Waals surface area contributed by atoms with Gasteiger partial charge in [-0.25, -0.2) is 15.0 Å². The summed E-state index contributed by atoms with van der Waals surface area (Å²) in [5, 5.41) is 0. The molecule has 1 aromatic heterocycles. The Morgan fingerprint density at radius 3 is 2.45 bits per heavy atom.